The highest BCUT2D eigenvalue weighted by Gasteiger charge is 2.45. The van der Waals surface area contributed by atoms with Crippen LogP contribution in [0, 0.1) is 0 Å². The average Bonchev–Trinajstić information content (AvgIpc) is 2.96. The van der Waals surface area contributed by atoms with Crippen molar-refractivity contribution >= 4 is 21.7 Å². The molecule has 2 heterocycles. The lowest BCUT2D eigenvalue weighted by Crippen LogP contribution is -2.47. The molecule has 26 heavy (non-hydrogen) atoms. The Kier molecular flexibility index (Phi) is 4.09. The number of sulfonamides is 1. The van der Waals surface area contributed by atoms with Gasteiger partial charge in [0.2, 0.25) is 6.10 Å². The van der Waals surface area contributed by atoms with E-state index in [-0.39, 0.29) is 11.4 Å². The number of hydrogen-bond acceptors (Lipinski definition) is 5. The lowest BCUT2D eigenvalue weighted by atomic mass is 10.2. The summed E-state index contributed by atoms with van der Waals surface area (Å²) < 4.78 is 71.9. The van der Waals surface area contributed by atoms with E-state index in [9.17, 15) is 26.4 Å². The largest absolute Gasteiger partial charge is 0.478 e. The molecular weight excluding hydrogens is 379 g/mol. The molecule has 0 radical (unpaired) electrons. The van der Waals surface area contributed by atoms with Gasteiger partial charge in [-0.3, -0.25) is 8.99 Å². The molecule has 0 saturated heterocycles. The predicted molar refractivity (Wildman–Crippen MR) is 81.2 cm³/mol. The fraction of sp³-hybridized carbons (Fsp3) is 0.286. The summed E-state index contributed by atoms with van der Waals surface area (Å²) in [6.45, 7) is -0.680. The Balaban J connectivity index is 2.18. The first-order valence-corrected chi connectivity index (χ1v) is 8.58. The molecule has 0 amide bonds. The molecule has 3 rings (SSSR count). The predicted octanol–water partition coefficient (Wildman–Crippen LogP) is 1.48. The number of carboxylic acids is 1. The van der Waals surface area contributed by atoms with Crippen molar-refractivity contribution in [3.63, 3.8) is 0 Å². The summed E-state index contributed by atoms with van der Waals surface area (Å²) in [4.78, 5) is 10.2. The standard InChI is InChI=1S/C14H12F3N3O5S/c1-19-12(14(15,16)17)11(6-18-19)26(23,24)20-7-10(13(21)22)25-9-5-3-2-4-8(9)20/h2-6,10H,7H2,1H3,(H,21,22). The second-order valence-corrected chi connectivity index (χ2v) is 7.26. The van der Waals surface area contributed by atoms with E-state index in [1.54, 1.807) is 0 Å². The fourth-order valence-electron chi connectivity index (χ4n) is 2.61. The Morgan fingerprint density at radius 3 is 2.62 bits per heavy atom. The minimum absolute atomic E-state index is 0.0537. The third-order valence-electron chi connectivity index (χ3n) is 3.75. The molecule has 0 bridgehead atoms. The van der Waals surface area contributed by atoms with Gasteiger partial charge in [-0.05, 0) is 12.1 Å². The van der Waals surface area contributed by atoms with Gasteiger partial charge in [0.1, 0.15) is 10.6 Å². The Bertz CT molecular complexity index is 970. The number of aromatic nitrogens is 2. The molecule has 1 aliphatic rings. The molecule has 1 N–H and O–H groups in total. The lowest BCUT2D eigenvalue weighted by molar-refractivity contribution is -0.146. The summed E-state index contributed by atoms with van der Waals surface area (Å²) >= 11 is 0. The van der Waals surface area contributed by atoms with Crippen LogP contribution in [0.1, 0.15) is 5.69 Å². The van der Waals surface area contributed by atoms with E-state index < -0.39 is 45.4 Å². The van der Waals surface area contributed by atoms with Gasteiger partial charge in [0.25, 0.3) is 10.0 Å². The maximum Gasteiger partial charge on any atom is 0.434 e. The number of halogens is 3. The number of para-hydroxylation sites is 2. The summed E-state index contributed by atoms with van der Waals surface area (Å²) in [5.41, 5.74) is -1.50. The quantitative estimate of drug-likeness (QED) is 0.851. The monoisotopic (exact) mass is 391 g/mol. The van der Waals surface area contributed by atoms with Crippen molar-refractivity contribution in [1.82, 2.24) is 9.78 Å². The van der Waals surface area contributed by atoms with Gasteiger partial charge < -0.3 is 9.84 Å². The van der Waals surface area contributed by atoms with E-state index >= 15 is 0 Å². The number of aliphatic carboxylic acids is 1. The molecule has 140 valence electrons. The molecule has 1 aromatic carbocycles. The molecular formula is C14H12F3N3O5S. The van der Waals surface area contributed by atoms with Crippen LogP contribution in [0.4, 0.5) is 18.9 Å². The third kappa shape index (κ3) is 2.85. The Morgan fingerprint density at radius 2 is 2.00 bits per heavy atom. The molecule has 8 nitrogen and oxygen atoms in total. The zero-order chi connectivity index (χ0) is 19.3. The summed E-state index contributed by atoms with van der Waals surface area (Å²) in [7, 11) is -3.78. The maximum atomic E-state index is 13.3. The molecule has 12 heteroatoms. The van der Waals surface area contributed by atoms with Crippen molar-refractivity contribution in [2.45, 2.75) is 17.2 Å². The number of anilines is 1. The zero-order valence-corrected chi connectivity index (χ0v) is 14.0. The van der Waals surface area contributed by atoms with Gasteiger partial charge in [-0.15, -0.1) is 0 Å². The third-order valence-corrected chi connectivity index (χ3v) is 5.53. The smallest absolute Gasteiger partial charge is 0.434 e. The van der Waals surface area contributed by atoms with Crippen LogP contribution < -0.4 is 9.04 Å². The molecule has 1 aromatic heterocycles. The minimum atomic E-state index is -4.97. The van der Waals surface area contributed by atoms with Crippen molar-refractivity contribution in [1.29, 1.82) is 0 Å². The molecule has 0 aliphatic carbocycles. The van der Waals surface area contributed by atoms with Crippen LogP contribution >= 0.6 is 0 Å². The number of fused-ring (bicyclic) bond motifs is 1. The normalized spacial score (nSPS) is 17.5. The highest BCUT2D eigenvalue weighted by Crippen LogP contribution is 2.40. The van der Waals surface area contributed by atoms with Crippen molar-refractivity contribution in [3.05, 3.63) is 36.2 Å². The zero-order valence-electron chi connectivity index (χ0n) is 13.1. The van der Waals surface area contributed by atoms with Gasteiger partial charge in [-0.25, -0.2) is 13.2 Å². The van der Waals surface area contributed by atoms with Crippen LogP contribution in [0.25, 0.3) is 0 Å². The highest BCUT2D eigenvalue weighted by atomic mass is 32.2. The van der Waals surface area contributed by atoms with Crippen LogP contribution in [0.3, 0.4) is 0 Å². The van der Waals surface area contributed by atoms with Crippen molar-refractivity contribution < 1.29 is 36.2 Å². The molecule has 2 aromatic rings. The SMILES string of the molecule is Cn1ncc(S(=O)(=O)N2CC(C(=O)O)Oc3ccccc32)c1C(F)(F)F. The van der Waals surface area contributed by atoms with E-state index in [0.29, 0.717) is 15.2 Å². The van der Waals surface area contributed by atoms with Crippen LogP contribution in [0.2, 0.25) is 0 Å². The number of carbonyl (C=O) groups is 1. The average molecular weight is 391 g/mol. The Labute approximate surface area is 145 Å². The summed E-state index contributed by atoms with van der Waals surface area (Å²) in [6.07, 6.45) is -5.94. The lowest BCUT2D eigenvalue weighted by Gasteiger charge is -2.33. The summed E-state index contributed by atoms with van der Waals surface area (Å²) in [5.74, 6) is -1.51. The molecule has 1 aliphatic heterocycles. The number of aryl methyl sites for hydroxylation is 1. The van der Waals surface area contributed by atoms with Crippen molar-refractivity contribution in [2.24, 2.45) is 7.05 Å². The topological polar surface area (TPSA) is 102 Å². The van der Waals surface area contributed by atoms with Crippen LogP contribution in [-0.2, 0) is 28.0 Å². The van der Waals surface area contributed by atoms with Gasteiger partial charge >= 0.3 is 12.1 Å². The molecule has 0 saturated carbocycles. The second kappa shape index (κ2) is 5.90. The first-order chi connectivity index (χ1) is 12.0. The Hall–Kier alpha value is -2.76. The van der Waals surface area contributed by atoms with E-state index in [2.05, 4.69) is 5.10 Å². The van der Waals surface area contributed by atoms with Crippen LogP contribution in [0.15, 0.2) is 35.4 Å². The minimum Gasteiger partial charge on any atom is -0.478 e. The number of alkyl halides is 3. The highest BCUT2D eigenvalue weighted by molar-refractivity contribution is 7.92. The van der Waals surface area contributed by atoms with E-state index in [4.69, 9.17) is 9.84 Å². The number of hydrogen-bond donors (Lipinski definition) is 1. The fourth-order valence-corrected chi connectivity index (χ4v) is 4.26. The van der Waals surface area contributed by atoms with Crippen molar-refractivity contribution in [3.8, 4) is 5.75 Å². The van der Waals surface area contributed by atoms with E-state index in [0.717, 1.165) is 7.05 Å². The molecule has 0 spiro atoms. The van der Waals surface area contributed by atoms with Gasteiger partial charge in [0, 0.05) is 7.05 Å². The molecule has 0 fully saturated rings. The molecule has 1 atom stereocenters. The maximum absolute atomic E-state index is 13.3. The Morgan fingerprint density at radius 1 is 1.35 bits per heavy atom. The van der Waals surface area contributed by atoms with Gasteiger partial charge in [0.05, 0.1) is 18.4 Å². The van der Waals surface area contributed by atoms with Crippen LogP contribution in [-0.4, -0.2) is 41.9 Å². The van der Waals surface area contributed by atoms with Crippen molar-refractivity contribution in [2.75, 3.05) is 10.8 Å². The summed E-state index contributed by atoms with van der Waals surface area (Å²) in [5, 5.41) is 12.6. The molecule has 1 unspecified atom stereocenters. The number of benzene rings is 1. The second-order valence-electron chi connectivity index (χ2n) is 5.43. The number of ether oxygens (including phenoxy) is 1. The number of nitrogens with zero attached hydrogens (tertiary/aromatic N) is 3. The first kappa shape index (κ1) is 18.0. The van der Waals surface area contributed by atoms with E-state index in [1.807, 2.05) is 0 Å². The number of rotatable bonds is 3. The number of carboxylic acid groups (broad SMARTS) is 1. The summed E-state index contributed by atoms with van der Waals surface area (Å²) in [6, 6.07) is 5.59. The van der Waals surface area contributed by atoms with Crippen LogP contribution in [0.5, 0.6) is 5.75 Å². The first-order valence-electron chi connectivity index (χ1n) is 7.14. The van der Waals surface area contributed by atoms with E-state index in [1.165, 1.54) is 24.3 Å². The van der Waals surface area contributed by atoms with Gasteiger partial charge in [-0.2, -0.15) is 18.3 Å². The van der Waals surface area contributed by atoms with Gasteiger partial charge in [-0.1, -0.05) is 12.1 Å². The van der Waals surface area contributed by atoms with Gasteiger partial charge in [0.15, 0.2) is 5.69 Å².